The fraction of sp³-hybridized carbons (Fsp3) is 0.333. The minimum atomic E-state index is -1.04. The monoisotopic (exact) mass is 293 g/mol. The molecule has 22 heavy (non-hydrogen) atoms. The van der Waals surface area contributed by atoms with Gasteiger partial charge in [-0.05, 0) is 35.1 Å². The topological polar surface area (TPSA) is 69.0 Å². The second kappa shape index (κ2) is 6.22. The smallest absolute Gasteiger partial charge is 0.0981 e. The predicted molar refractivity (Wildman–Crippen MR) is 87.2 cm³/mol. The van der Waals surface area contributed by atoms with Crippen molar-refractivity contribution in [3.63, 3.8) is 0 Å². The van der Waals surface area contributed by atoms with Crippen LogP contribution in [-0.2, 0) is 5.60 Å². The Bertz CT molecular complexity index is 677. The van der Waals surface area contributed by atoms with Gasteiger partial charge in [-0.1, -0.05) is 72.6 Å². The number of hydrogen-bond acceptors (Lipinski definition) is 2. The Labute approximate surface area is 130 Å². The van der Waals surface area contributed by atoms with E-state index in [1.165, 1.54) is 0 Å². The molecule has 2 aromatic carbocycles. The van der Waals surface area contributed by atoms with Crippen molar-refractivity contribution < 1.29 is 5.11 Å². The third-order valence-electron chi connectivity index (χ3n) is 4.52. The zero-order chi connectivity index (χ0) is 15.4. The average molecular weight is 293 g/mol. The van der Waals surface area contributed by atoms with E-state index in [1.54, 1.807) is 0 Å². The molecule has 4 nitrogen and oxygen atoms in total. The molecule has 3 rings (SSSR count). The molecule has 2 atom stereocenters. The van der Waals surface area contributed by atoms with Crippen LogP contribution in [0.5, 0.6) is 0 Å². The highest BCUT2D eigenvalue weighted by Gasteiger charge is 2.39. The van der Waals surface area contributed by atoms with Gasteiger partial charge in [0.05, 0.1) is 11.6 Å². The number of benzene rings is 2. The van der Waals surface area contributed by atoms with Gasteiger partial charge in [-0.15, -0.1) is 0 Å². The number of azide groups is 1. The summed E-state index contributed by atoms with van der Waals surface area (Å²) in [6, 6.07) is 17.7. The molecule has 2 unspecified atom stereocenters. The zero-order valence-electron chi connectivity index (χ0n) is 12.4. The first kappa shape index (κ1) is 14.6. The molecule has 1 aliphatic rings. The van der Waals surface area contributed by atoms with Crippen molar-refractivity contribution in [2.45, 2.75) is 37.3 Å². The second-order valence-electron chi connectivity index (χ2n) is 5.83. The van der Waals surface area contributed by atoms with Crippen molar-refractivity contribution in [3.05, 3.63) is 70.6 Å². The maximum absolute atomic E-state index is 11.0. The Hall–Kier alpha value is -2.29. The highest BCUT2D eigenvalue weighted by molar-refractivity contribution is 5.63. The van der Waals surface area contributed by atoms with Gasteiger partial charge < -0.3 is 5.11 Å². The number of nitrogens with zero attached hydrogens (tertiary/aromatic N) is 3. The molecule has 1 fully saturated rings. The molecular weight excluding hydrogens is 274 g/mol. The van der Waals surface area contributed by atoms with Crippen LogP contribution < -0.4 is 0 Å². The van der Waals surface area contributed by atoms with Crippen LogP contribution in [0.1, 0.15) is 31.2 Å². The highest BCUT2D eigenvalue weighted by atomic mass is 16.3. The van der Waals surface area contributed by atoms with Crippen molar-refractivity contribution in [1.82, 2.24) is 0 Å². The van der Waals surface area contributed by atoms with Gasteiger partial charge in [-0.25, -0.2) is 0 Å². The summed E-state index contributed by atoms with van der Waals surface area (Å²) in [4.78, 5) is 2.91. The summed E-state index contributed by atoms with van der Waals surface area (Å²) in [7, 11) is 0. The Morgan fingerprint density at radius 1 is 1.00 bits per heavy atom. The normalized spacial score (nSPS) is 24.5. The van der Waals surface area contributed by atoms with Crippen molar-refractivity contribution in [3.8, 4) is 11.1 Å². The first-order valence-corrected chi connectivity index (χ1v) is 7.66. The maximum Gasteiger partial charge on any atom is 0.0981 e. The fourth-order valence-electron chi connectivity index (χ4n) is 3.27. The van der Waals surface area contributed by atoms with E-state index in [0.29, 0.717) is 6.42 Å². The molecular formula is C18H19N3O. The number of aliphatic hydroxyl groups is 1. The van der Waals surface area contributed by atoms with Gasteiger partial charge in [0.15, 0.2) is 0 Å². The van der Waals surface area contributed by atoms with Crippen LogP contribution in [0.2, 0.25) is 0 Å². The molecule has 0 bridgehead atoms. The molecule has 0 aliphatic heterocycles. The van der Waals surface area contributed by atoms with Gasteiger partial charge in [-0.3, -0.25) is 0 Å². The van der Waals surface area contributed by atoms with Crippen molar-refractivity contribution in [2.24, 2.45) is 5.11 Å². The molecule has 4 heteroatoms. The Morgan fingerprint density at radius 2 is 1.68 bits per heavy atom. The lowest BCUT2D eigenvalue weighted by Crippen LogP contribution is -2.40. The number of rotatable bonds is 3. The number of hydrogen-bond donors (Lipinski definition) is 1. The zero-order valence-corrected chi connectivity index (χ0v) is 12.4. The highest BCUT2D eigenvalue weighted by Crippen LogP contribution is 2.39. The first-order valence-electron chi connectivity index (χ1n) is 7.66. The van der Waals surface area contributed by atoms with Crippen molar-refractivity contribution in [1.29, 1.82) is 0 Å². The van der Waals surface area contributed by atoms with E-state index in [0.717, 1.165) is 36.0 Å². The molecule has 0 radical (unpaired) electrons. The first-order chi connectivity index (χ1) is 10.7. The molecule has 112 valence electrons. The quantitative estimate of drug-likeness (QED) is 0.493. The molecule has 2 aromatic rings. The molecule has 0 spiro atoms. The fourth-order valence-corrected chi connectivity index (χ4v) is 3.27. The molecule has 0 amide bonds. The summed E-state index contributed by atoms with van der Waals surface area (Å²) in [6.45, 7) is 0. The van der Waals surface area contributed by atoms with Crippen LogP contribution in [-0.4, -0.2) is 11.1 Å². The van der Waals surface area contributed by atoms with E-state index < -0.39 is 5.60 Å². The maximum atomic E-state index is 11.0. The van der Waals surface area contributed by atoms with E-state index in [2.05, 4.69) is 22.2 Å². The Balaban J connectivity index is 1.92. The summed E-state index contributed by atoms with van der Waals surface area (Å²) >= 11 is 0. The standard InChI is InChI=1S/C18H19N3O/c19-21-20-17-8-4-5-13-18(17,22)16-11-9-15(10-12-16)14-6-2-1-3-7-14/h1-3,6-7,9-12,17,22H,4-5,8,13H2. The Morgan fingerprint density at radius 3 is 2.36 bits per heavy atom. The molecule has 0 saturated heterocycles. The SMILES string of the molecule is [N-]=[N+]=NC1CCCCC1(O)c1ccc(-c2ccccc2)cc1. The molecule has 1 saturated carbocycles. The van der Waals surface area contributed by atoms with Gasteiger partial charge in [0.1, 0.15) is 0 Å². The minimum Gasteiger partial charge on any atom is -0.385 e. The average Bonchev–Trinajstić information content (AvgIpc) is 2.58. The van der Waals surface area contributed by atoms with Gasteiger partial charge in [-0.2, -0.15) is 0 Å². The third kappa shape index (κ3) is 2.71. The van der Waals surface area contributed by atoms with Gasteiger partial charge >= 0.3 is 0 Å². The van der Waals surface area contributed by atoms with Gasteiger partial charge in [0, 0.05) is 4.91 Å². The molecule has 1 N–H and O–H groups in total. The summed E-state index contributed by atoms with van der Waals surface area (Å²) in [5.74, 6) is 0. The second-order valence-corrected chi connectivity index (χ2v) is 5.83. The van der Waals surface area contributed by atoms with Gasteiger partial charge in [0.2, 0.25) is 0 Å². The van der Waals surface area contributed by atoms with Crippen LogP contribution in [0.15, 0.2) is 59.7 Å². The molecule has 0 heterocycles. The lowest BCUT2D eigenvalue weighted by molar-refractivity contribution is -0.0190. The van der Waals surface area contributed by atoms with E-state index >= 15 is 0 Å². The Kier molecular flexibility index (Phi) is 4.14. The summed E-state index contributed by atoms with van der Waals surface area (Å²) in [5, 5.41) is 14.9. The van der Waals surface area contributed by atoms with Gasteiger partial charge in [0.25, 0.3) is 0 Å². The predicted octanol–water partition coefficient (Wildman–Crippen LogP) is 4.79. The summed E-state index contributed by atoms with van der Waals surface area (Å²) in [6.07, 6.45) is 3.32. The third-order valence-corrected chi connectivity index (χ3v) is 4.52. The molecule has 0 aromatic heterocycles. The lowest BCUT2D eigenvalue weighted by Gasteiger charge is -2.38. The summed E-state index contributed by atoms with van der Waals surface area (Å²) in [5.41, 5.74) is 10.8. The van der Waals surface area contributed by atoms with E-state index in [-0.39, 0.29) is 6.04 Å². The van der Waals surface area contributed by atoms with Crippen molar-refractivity contribution >= 4 is 0 Å². The van der Waals surface area contributed by atoms with Crippen LogP contribution in [0.25, 0.3) is 21.6 Å². The largest absolute Gasteiger partial charge is 0.385 e. The van der Waals surface area contributed by atoms with Crippen LogP contribution in [0.4, 0.5) is 0 Å². The summed E-state index contributed by atoms with van der Waals surface area (Å²) < 4.78 is 0. The molecule has 1 aliphatic carbocycles. The lowest BCUT2D eigenvalue weighted by atomic mass is 9.76. The van der Waals surface area contributed by atoms with E-state index in [1.807, 2.05) is 42.5 Å². The minimum absolute atomic E-state index is 0.381. The van der Waals surface area contributed by atoms with E-state index in [4.69, 9.17) is 5.53 Å². The van der Waals surface area contributed by atoms with E-state index in [9.17, 15) is 5.11 Å². The van der Waals surface area contributed by atoms with Crippen LogP contribution >= 0.6 is 0 Å². The van der Waals surface area contributed by atoms with Crippen LogP contribution in [0.3, 0.4) is 0 Å². The van der Waals surface area contributed by atoms with Crippen molar-refractivity contribution in [2.75, 3.05) is 0 Å². The van der Waals surface area contributed by atoms with Crippen LogP contribution in [0, 0.1) is 0 Å².